The smallest absolute Gasteiger partial charge is 0.293 e. The van der Waals surface area contributed by atoms with Crippen LogP contribution in [0.4, 0.5) is 0 Å². The lowest BCUT2D eigenvalue weighted by atomic mass is 10.2. The van der Waals surface area contributed by atoms with Gasteiger partial charge in [-0.25, -0.2) is 0 Å². The molecule has 0 spiro atoms. The fraction of sp³-hybridized carbons (Fsp3) is 0.250. The Balaban J connectivity index is 2.29. The summed E-state index contributed by atoms with van der Waals surface area (Å²) in [4.78, 5) is 13.3. The molecule has 0 atom stereocenters. The van der Waals surface area contributed by atoms with Crippen LogP contribution in [0.15, 0.2) is 18.2 Å². The molecule has 1 N–H and O–H groups in total. The Hall–Kier alpha value is -1.48. The largest absolute Gasteiger partial charge is 0.467 e. The summed E-state index contributed by atoms with van der Waals surface area (Å²) >= 11 is 5.98. The lowest BCUT2D eigenvalue weighted by Gasteiger charge is -1.97. The Morgan fingerprint density at radius 3 is 3.00 bits per heavy atom. The van der Waals surface area contributed by atoms with Crippen LogP contribution in [0.25, 0.3) is 10.9 Å². The number of halogens is 1. The summed E-state index contributed by atoms with van der Waals surface area (Å²) in [6.45, 7) is 2.87. The molecule has 2 rings (SSSR count). The summed E-state index contributed by atoms with van der Waals surface area (Å²) < 4.78 is 4.66. The molecule has 84 valence electrons. The number of nitrogens with one attached hydrogen (secondary N) is 1. The zero-order valence-corrected chi connectivity index (χ0v) is 9.67. The van der Waals surface area contributed by atoms with Crippen molar-refractivity contribution in [2.45, 2.75) is 13.3 Å². The van der Waals surface area contributed by atoms with E-state index in [0.29, 0.717) is 19.5 Å². The number of aryl methyl sites for hydroxylation is 1. The number of benzene rings is 1. The van der Waals surface area contributed by atoms with Crippen LogP contribution >= 0.6 is 11.6 Å². The number of carbonyl (C=O) groups excluding carboxylic acids is 1. The van der Waals surface area contributed by atoms with E-state index in [-0.39, 0.29) is 0 Å². The first-order chi connectivity index (χ1) is 7.70. The SMILES string of the molecule is Cc1cc(Cl)cc2cc(CCOC=O)[nH]c12. The third kappa shape index (κ3) is 2.19. The number of aromatic nitrogens is 1. The summed E-state index contributed by atoms with van der Waals surface area (Å²) in [5.74, 6) is 0. The highest BCUT2D eigenvalue weighted by Crippen LogP contribution is 2.24. The molecule has 0 aliphatic carbocycles. The van der Waals surface area contributed by atoms with Crippen molar-refractivity contribution < 1.29 is 9.53 Å². The number of aromatic amines is 1. The Labute approximate surface area is 98.4 Å². The van der Waals surface area contributed by atoms with Gasteiger partial charge in [0.1, 0.15) is 0 Å². The van der Waals surface area contributed by atoms with Crippen molar-refractivity contribution in [2.24, 2.45) is 0 Å². The van der Waals surface area contributed by atoms with Gasteiger partial charge >= 0.3 is 0 Å². The molecule has 0 aliphatic rings. The Morgan fingerprint density at radius 2 is 2.25 bits per heavy atom. The zero-order valence-electron chi connectivity index (χ0n) is 8.92. The van der Waals surface area contributed by atoms with E-state index in [2.05, 4.69) is 9.72 Å². The van der Waals surface area contributed by atoms with Crippen molar-refractivity contribution in [1.82, 2.24) is 4.98 Å². The highest BCUT2D eigenvalue weighted by atomic mass is 35.5. The highest BCUT2D eigenvalue weighted by Gasteiger charge is 2.04. The average molecular weight is 238 g/mol. The van der Waals surface area contributed by atoms with Gasteiger partial charge in [0.05, 0.1) is 6.61 Å². The molecule has 1 aromatic heterocycles. The van der Waals surface area contributed by atoms with Crippen LogP contribution in [0, 0.1) is 6.92 Å². The number of hydrogen-bond acceptors (Lipinski definition) is 2. The molecule has 0 bridgehead atoms. The number of ether oxygens (including phenoxy) is 1. The molecule has 3 nitrogen and oxygen atoms in total. The Morgan fingerprint density at radius 1 is 1.44 bits per heavy atom. The van der Waals surface area contributed by atoms with Gasteiger partial charge in [-0.3, -0.25) is 4.79 Å². The van der Waals surface area contributed by atoms with Crippen molar-refractivity contribution in [2.75, 3.05) is 6.61 Å². The van der Waals surface area contributed by atoms with Crippen LogP contribution in [0.2, 0.25) is 5.02 Å². The third-order valence-electron chi connectivity index (χ3n) is 2.50. The third-order valence-corrected chi connectivity index (χ3v) is 2.72. The second kappa shape index (κ2) is 4.58. The van der Waals surface area contributed by atoms with Gasteiger partial charge in [-0.15, -0.1) is 0 Å². The lowest BCUT2D eigenvalue weighted by Crippen LogP contribution is -1.96. The number of H-pyrrole nitrogens is 1. The predicted octanol–water partition coefficient (Wildman–Crippen LogP) is 2.85. The van der Waals surface area contributed by atoms with Gasteiger partial charge in [0.25, 0.3) is 6.47 Å². The molecular weight excluding hydrogens is 226 g/mol. The minimum atomic E-state index is 0.392. The first kappa shape index (κ1) is 11.0. The summed E-state index contributed by atoms with van der Waals surface area (Å²) in [5, 5.41) is 1.82. The second-order valence-corrected chi connectivity index (χ2v) is 4.13. The zero-order chi connectivity index (χ0) is 11.5. The molecule has 0 fully saturated rings. The van der Waals surface area contributed by atoms with Crippen LogP contribution in [-0.4, -0.2) is 18.1 Å². The maximum Gasteiger partial charge on any atom is 0.293 e. The first-order valence-electron chi connectivity index (χ1n) is 5.03. The monoisotopic (exact) mass is 237 g/mol. The minimum absolute atomic E-state index is 0.392. The van der Waals surface area contributed by atoms with E-state index in [0.717, 1.165) is 27.2 Å². The van der Waals surface area contributed by atoms with Crippen molar-refractivity contribution in [3.05, 3.63) is 34.5 Å². The molecule has 0 radical (unpaired) electrons. The van der Waals surface area contributed by atoms with E-state index in [9.17, 15) is 4.79 Å². The normalized spacial score (nSPS) is 10.6. The molecule has 0 saturated heterocycles. The first-order valence-corrected chi connectivity index (χ1v) is 5.41. The maximum absolute atomic E-state index is 10.0. The van der Waals surface area contributed by atoms with E-state index in [1.807, 2.05) is 25.1 Å². The van der Waals surface area contributed by atoms with Crippen LogP contribution in [0.3, 0.4) is 0 Å². The molecule has 4 heteroatoms. The average Bonchev–Trinajstić information content (AvgIpc) is 2.61. The van der Waals surface area contributed by atoms with E-state index < -0.39 is 0 Å². The Kier molecular flexibility index (Phi) is 3.15. The van der Waals surface area contributed by atoms with E-state index in [1.54, 1.807) is 0 Å². The molecule has 1 aromatic carbocycles. The highest BCUT2D eigenvalue weighted by molar-refractivity contribution is 6.31. The Bertz CT molecular complexity index is 519. The summed E-state index contributed by atoms with van der Waals surface area (Å²) in [7, 11) is 0. The fourth-order valence-electron chi connectivity index (χ4n) is 1.79. The van der Waals surface area contributed by atoms with E-state index >= 15 is 0 Å². The standard InChI is InChI=1S/C12H12ClNO2/c1-8-4-10(13)5-9-6-11(14-12(8)9)2-3-16-7-15/h4-7,14H,2-3H2,1H3. The van der Waals surface area contributed by atoms with Crippen molar-refractivity contribution in [3.8, 4) is 0 Å². The van der Waals surface area contributed by atoms with Gasteiger partial charge in [-0.1, -0.05) is 11.6 Å². The molecule has 1 heterocycles. The number of rotatable bonds is 4. The minimum Gasteiger partial charge on any atom is -0.467 e. The molecule has 0 aliphatic heterocycles. The van der Waals surface area contributed by atoms with E-state index in [4.69, 9.17) is 11.6 Å². The van der Waals surface area contributed by atoms with E-state index in [1.165, 1.54) is 0 Å². The summed E-state index contributed by atoms with van der Waals surface area (Å²) in [6, 6.07) is 5.87. The summed E-state index contributed by atoms with van der Waals surface area (Å²) in [5.41, 5.74) is 3.25. The molecule has 16 heavy (non-hydrogen) atoms. The molecular formula is C12H12ClNO2. The fourth-order valence-corrected chi connectivity index (χ4v) is 2.07. The maximum atomic E-state index is 10.0. The van der Waals surface area contributed by atoms with Crippen molar-refractivity contribution in [1.29, 1.82) is 0 Å². The van der Waals surface area contributed by atoms with Crippen LogP contribution in [0.5, 0.6) is 0 Å². The summed E-state index contributed by atoms with van der Waals surface area (Å²) in [6.07, 6.45) is 0.685. The van der Waals surface area contributed by atoms with Gasteiger partial charge in [0.15, 0.2) is 0 Å². The number of carbonyl (C=O) groups is 1. The van der Waals surface area contributed by atoms with Gasteiger partial charge in [-0.2, -0.15) is 0 Å². The van der Waals surface area contributed by atoms with Crippen LogP contribution in [-0.2, 0) is 16.0 Å². The topological polar surface area (TPSA) is 42.1 Å². The molecule has 0 saturated carbocycles. The molecule has 2 aromatic rings. The van der Waals surface area contributed by atoms with Crippen molar-refractivity contribution in [3.63, 3.8) is 0 Å². The van der Waals surface area contributed by atoms with Gasteiger partial charge in [-0.05, 0) is 30.7 Å². The van der Waals surface area contributed by atoms with Gasteiger partial charge in [0, 0.05) is 28.0 Å². The number of fused-ring (bicyclic) bond motifs is 1. The lowest BCUT2D eigenvalue weighted by molar-refractivity contribution is -0.128. The predicted molar refractivity (Wildman–Crippen MR) is 63.8 cm³/mol. The van der Waals surface area contributed by atoms with Crippen LogP contribution < -0.4 is 0 Å². The van der Waals surface area contributed by atoms with Gasteiger partial charge < -0.3 is 9.72 Å². The van der Waals surface area contributed by atoms with Crippen molar-refractivity contribution >= 4 is 29.0 Å². The van der Waals surface area contributed by atoms with Crippen LogP contribution in [0.1, 0.15) is 11.3 Å². The second-order valence-electron chi connectivity index (χ2n) is 3.70. The van der Waals surface area contributed by atoms with Gasteiger partial charge in [0.2, 0.25) is 0 Å². The quantitative estimate of drug-likeness (QED) is 0.656. The number of hydrogen-bond donors (Lipinski definition) is 1. The molecule has 0 unspecified atom stereocenters. The molecule has 0 amide bonds.